The van der Waals surface area contributed by atoms with Gasteiger partial charge >= 0.3 is 6.09 Å². The van der Waals surface area contributed by atoms with Crippen LogP contribution in [0.5, 0.6) is 0 Å². The molecule has 4 nitrogen and oxygen atoms in total. The third-order valence-electron chi connectivity index (χ3n) is 0.679. The predicted molar refractivity (Wildman–Crippen MR) is 30.8 cm³/mol. The van der Waals surface area contributed by atoms with Crippen LogP contribution in [0.25, 0.3) is 0 Å². The Balaban J connectivity index is 2.48. The summed E-state index contributed by atoms with van der Waals surface area (Å²) in [6.07, 6.45) is -0.994. The van der Waals surface area contributed by atoms with E-state index in [4.69, 9.17) is 5.11 Å². The van der Waals surface area contributed by atoms with Crippen molar-refractivity contribution >= 4 is 23.4 Å². The van der Waals surface area contributed by atoms with E-state index in [9.17, 15) is 4.79 Å². The first-order valence-corrected chi connectivity index (χ1v) is 3.00. The van der Waals surface area contributed by atoms with Gasteiger partial charge < -0.3 is 5.11 Å². The van der Waals surface area contributed by atoms with Crippen LogP contribution < -0.4 is 0 Å². The minimum Gasteiger partial charge on any atom is -0.464 e. The molecule has 0 aromatic rings. The summed E-state index contributed by atoms with van der Waals surface area (Å²) < 4.78 is 0. The van der Waals surface area contributed by atoms with Crippen molar-refractivity contribution in [2.45, 2.75) is 0 Å². The number of amides is 1. The Kier molecular flexibility index (Phi) is 1.38. The second-order valence-electron chi connectivity index (χ2n) is 1.20. The minimum absolute atomic E-state index is 0.426. The van der Waals surface area contributed by atoms with Gasteiger partial charge in [-0.2, -0.15) is 10.1 Å². The van der Waals surface area contributed by atoms with Crippen LogP contribution in [0, 0.1) is 0 Å². The van der Waals surface area contributed by atoms with Crippen LogP contribution in [0.3, 0.4) is 0 Å². The van der Waals surface area contributed by atoms with Crippen molar-refractivity contribution < 1.29 is 9.90 Å². The fourth-order valence-electron chi connectivity index (χ4n) is 0.332. The Morgan fingerprint density at radius 3 is 3.00 bits per heavy atom. The first-order valence-electron chi connectivity index (χ1n) is 1.95. The van der Waals surface area contributed by atoms with Crippen molar-refractivity contribution in [3.8, 4) is 0 Å². The molecule has 1 rings (SSSR count). The topological polar surface area (TPSA) is 52.9 Å². The molecule has 0 radical (unpaired) electrons. The van der Waals surface area contributed by atoms with E-state index in [-0.39, 0.29) is 0 Å². The summed E-state index contributed by atoms with van der Waals surface area (Å²) in [4.78, 5) is 10.0. The third-order valence-corrected chi connectivity index (χ3v) is 1.32. The van der Waals surface area contributed by atoms with E-state index in [1.54, 1.807) is 0 Å². The number of hydrogen-bond acceptors (Lipinski definition) is 3. The number of carbonyl (C=O) groups is 1. The first-order chi connectivity index (χ1) is 3.80. The standard InChI is InChI=1S/C3H4N2O2S/c6-3(7)5-2-8-1-4-5/h1H,2H2,(H,6,7). The smallest absolute Gasteiger partial charge is 0.428 e. The number of carboxylic acid groups (broad SMARTS) is 1. The Morgan fingerprint density at radius 1 is 2.00 bits per heavy atom. The monoisotopic (exact) mass is 132 g/mol. The number of thioether (sulfide) groups is 1. The van der Waals surface area contributed by atoms with E-state index < -0.39 is 6.09 Å². The van der Waals surface area contributed by atoms with Crippen LogP contribution in [0.15, 0.2) is 5.10 Å². The number of rotatable bonds is 0. The van der Waals surface area contributed by atoms with Crippen LogP contribution in [0.4, 0.5) is 4.79 Å². The third kappa shape index (κ3) is 0.919. The molecule has 1 amide bonds. The summed E-state index contributed by atoms with van der Waals surface area (Å²) >= 11 is 1.36. The van der Waals surface area contributed by atoms with E-state index in [2.05, 4.69) is 5.10 Å². The van der Waals surface area contributed by atoms with Gasteiger partial charge in [0.15, 0.2) is 0 Å². The molecule has 1 N–H and O–H groups in total. The average Bonchev–Trinajstić information content (AvgIpc) is 2.12. The van der Waals surface area contributed by atoms with Gasteiger partial charge in [0.2, 0.25) is 0 Å². The molecule has 0 aromatic heterocycles. The van der Waals surface area contributed by atoms with Crippen LogP contribution in [0.2, 0.25) is 0 Å². The molecule has 0 atom stereocenters. The van der Waals surface area contributed by atoms with Crippen molar-refractivity contribution in [2.24, 2.45) is 5.10 Å². The van der Waals surface area contributed by atoms with Gasteiger partial charge in [0.05, 0.1) is 11.4 Å². The quantitative estimate of drug-likeness (QED) is 0.525. The zero-order valence-corrected chi connectivity index (χ0v) is 4.76. The maximum absolute atomic E-state index is 10.0. The summed E-state index contributed by atoms with van der Waals surface area (Å²) in [5.74, 6) is 0.426. The molecule has 0 fully saturated rings. The van der Waals surface area contributed by atoms with Gasteiger partial charge in [-0.15, -0.1) is 0 Å². The first kappa shape index (κ1) is 5.43. The van der Waals surface area contributed by atoms with Crippen molar-refractivity contribution in [3.05, 3.63) is 0 Å². The number of hydrogen-bond donors (Lipinski definition) is 1. The molecular weight excluding hydrogens is 128 g/mol. The SMILES string of the molecule is O=C(O)N1CSC=N1. The van der Waals surface area contributed by atoms with E-state index in [1.165, 1.54) is 17.3 Å². The average molecular weight is 132 g/mol. The molecule has 0 unspecified atom stereocenters. The van der Waals surface area contributed by atoms with Gasteiger partial charge in [-0.05, 0) is 0 Å². The lowest BCUT2D eigenvalue weighted by atomic mass is 11.0. The Morgan fingerprint density at radius 2 is 2.75 bits per heavy atom. The van der Waals surface area contributed by atoms with Crippen molar-refractivity contribution in [2.75, 3.05) is 5.88 Å². The lowest BCUT2D eigenvalue weighted by Crippen LogP contribution is -2.19. The Labute approximate surface area is 50.2 Å². The molecule has 8 heavy (non-hydrogen) atoms. The maximum Gasteiger partial charge on any atom is 0.428 e. The zero-order valence-electron chi connectivity index (χ0n) is 3.94. The summed E-state index contributed by atoms with van der Waals surface area (Å²) in [5.41, 5.74) is 1.51. The number of hydrazone groups is 1. The van der Waals surface area contributed by atoms with E-state index >= 15 is 0 Å². The zero-order chi connectivity index (χ0) is 5.98. The highest BCUT2D eigenvalue weighted by Crippen LogP contribution is 2.08. The highest BCUT2D eigenvalue weighted by atomic mass is 32.2. The fraction of sp³-hybridized carbons (Fsp3) is 0.333. The van der Waals surface area contributed by atoms with E-state index in [0.717, 1.165) is 5.01 Å². The molecule has 1 aliphatic rings. The van der Waals surface area contributed by atoms with Crippen molar-refractivity contribution in [1.29, 1.82) is 0 Å². The van der Waals surface area contributed by atoms with Gasteiger partial charge in [0.25, 0.3) is 0 Å². The normalized spacial score (nSPS) is 17.2. The molecule has 0 aliphatic carbocycles. The van der Waals surface area contributed by atoms with E-state index in [0.29, 0.717) is 5.88 Å². The summed E-state index contributed by atoms with van der Waals surface area (Å²) in [6.45, 7) is 0. The minimum atomic E-state index is -0.994. The summed E-state index contributed by atoms with van der Waals surface area (Å²) in [7, 11) is 0. The van der Waals surface area contributed by atoms with Gasteiger partial charge in [-0.1, -0.05) is 11.8 Å². The van der Waals surface area contributed by atoms with Gasteiger partial charge in [0, 0.05) is 0 Å². The lowest BCUT2D eigenvalue weighted by molar-refractivity contribution is 0.156. The van der Waals surface area contributed by atoms with Crippen LogP contribution in [-0.2, 0) is 0 Å². The van der Waals surface area contributed by atoms with Gasteiger partial charge in [0.1, 0.15) is 0 Å². The molecule has 0 aromatic carbocycles. The molecule has 0 saturated heterocycles. The predicted octanol–water partition coefficient (Wildman–Crippen LogP) is 0.614. The highest BCUT2D eigenvalue weighted by Gasteiger charge is 2.12. The molecular formula is C3H4N2O2S. The summed E-state index contributed by atoms with van der Waals surface area (Å²) in [5, 5.41) is 12.7. The number of nitrogens with zero attached hydrogens (tertiary/aromatic N) is 2. The molecule has 0 bridgehead atoms. The Bertz CT molecular complexity index is 135. The molecule has 5 heteroatoms. The Hall–Kier alpha value is -0.710. The molecule has 1 aliphatic heterocycles. The molecule has 44 valence electrons. The van der Waals surface area contributed by atoms with E-state index in [1.807, 2.05) is 0 Å². The second kappa shape index (κ2) is 2.04. The second-order valence-corrected chi connectivity index (χ2v) is 2.00. The van der Waals surface area contributed by atoms with Gasteiger partial charge in [-0.3, -0.25) is 0 Å². The van der Waals surface area contributed by atoms with Gasteiger partial charge in [-0.25, -0.2) is 4.79 Å². The highest BCUT2D eigenvalue weighted by molar-refractivity contribution is 8.12. The largest absolute Gasteiger partial charge is 0.464 e. The fourth-order valence-corrected chi connectivity index (χ4v) is 0.898. The molecule has 0 saturated carbocycles. The molecule has 0 spiro atoms. The van der Waals surface area contributed by atoms with Crippen molar-refractivity contribution in [1.82, 2.24) is 5.01 Å². The van der Waals surface area contributed by atoms with Crippen LogP contribution in [-0.4, -0.2) is 27.6 Å². The summed E-state index contributed by atoms with van der Waals surface area (Å²) in [6, 6.07) is 0. The maximum atomic E-state index is 10.0. The van der Waals surface area contributed by atoms with Crippen LogP contribution in [0.1, 0.15) is 0 Å². The van der Waals surface area contributed by atoms with Crippen LogP contribution >= 0.6 is 11.8 Å². The lowest BCUT2D eigenvalue weighted by Gasteiger charge is -2.01. The molecule has 1 heterocycles. The van der Waals surface area contributed by atoms with Crippen molar-refractivity contribution in [3.63, 3.8) is 0 Å².